The fourth-order valence-electron chi connectivity index (χ4n) is 5.15. The Hall–Kier alpha value is -6.39. The summed E-state index contributed by atoms with van der Waals surface area (Å²) in [4.78, 5) is 122. The van der Waals surface area contributed by atoms with Crippen LogP contribution in [-0.4, -0.2) is 165 Å². The molecule has 0 rings (SSSR count). The van der Waals surface area contributed by atoms with Gasteiger partial charge in [-0.15, -0.1) is 0 Å². The Morgan fingerprint density at radius 1 is 0.541 bits per heavy atom. The van der Waals surface area contributed by atoms with E-state index in [0.29, 0.717) is 6.42 Å². The number of amides is 6. The van der Waals surface area contributed by atoms with Crippen molar-refractivity contribution < 1.29 is 68.7 Å². The van der Waals surface area contributed by atoms with Gasteiger partial charge < -0.3 is 91.8 Å². The van der Waals surface area contributed by atoms with Gasteiger partial charge in [-0.3, -0.25) is 48.3 Å². The minimum atomic E-state index is -1.98. The lowest BCUT2D eigenvalue weighted by Gasteiger charge is -2.27. The number of carbonyl (C=O) groups is 9. The van der Waals surface area contributed by atoms with Crippen molar-refractivity contribution in [1.29, 1.82) is 0 Å². The SMILES string of the molecule is C[C@@H](O)[C@H](NC(=O)[C@H](CC(=O)O)NC(=O)[C@H](CCCN=C(N)N)NC(=O)[C@H](CCCCN)NC(=O)[C@H](CC(=O)O)NC(=O)[C@@H](N)CCCN=C(N)N)C(=O)N[C@@H](CO)C(=O)O. The number of aliphatic hydroxyl groups is 2. The maximum Gasteiger partial charge on any atom is 0.328 e. The minimum Gasteiger partial charge on any atom is -0.481 e. The average molecular weight is 877 g/mol. The van der Waals surface area contributed by atoms with Gasteiger partial charge in [0.1, 0.15) is 36.3 Å². The highest BCUT2D eigenvalue weighted by Gasteiger charge is 2.35. The van der Waals surface area contributed by atoms with Crippen molar-refractivity contribution in [3.63, 3.8) is 0 Å². The van der Waals surface area contributed by atoms with Gasteiger partial charge in [0.2, 0.25) is 35.4 Å². The number of aliphatic hydroxyl groups excluding tert-OH is 2. The number of nitrogens with two attached hydrogens (primary N) is 6. The molecule has 0 aliphatic carbocycles. The Labute approximate surface area is 349 Å². The highest BCUT2D eigenvalue weighted by molar-refractivity contribution is 5.98. The van der Waals surface area contributed by atoms with Crippen LogP contribution in [0.1, 0.15) is 64.7 Å². The molecule has 28 heteroatoms. The summed E-state index contributed by atoms with van der Waals surface area (Å²) in [7, 11) is 0. The molecule has 0 bridgehead atoms. The van der Waals surface area contributed by atoms with Crippen molar-refractivity contribution in [2.75, 3.05) is 26.2 Å². The van der Waals surface area contributed by atoms with E-state index in [1.165, 1.54) is 0 Å². The van der Waals surface area contributed by atoms with Crippen LogP contribution in [0, 0.1) is 0 Å². The molecule has 346 valence electrons. The van der Waals surface area contributed by atoms with E-state index in [1.807, 2.05) is 10.6 Å². The van der Waals surface area contributed by atoms with E-state index in [4.69, 9.17) is 39.5 Å². The van der Waals surface area contributed by atoms with Crippen LogP contribution in [0.5, 0.6) is 0 Å². The van der Waals surface area contributed by atoms with Crippen LogP contribution in [0.3, 0.4) is 0 Å². The van der Waals surface area contributed by atoms with Gasteiger partial charge in [-0.05, 0) is 58.4 Å². The van der Waals surface area contributed by atoms with Crippen molar-refractivity contribution in [3.05, 3.63) is 0 Å². The summed E-state index contributed by atoms with van der Waals surface area (Å²) in [6.45, 7) is 0.184. The number of carboxylic acid groups (broad SMARTS) is 3. The van der Waals surface area contributed by atoms with E-state index in [0.717, 1.165) is 6.92 Å². The molecule has 0 saturated heterocycles. The normalized spacial score (nSPS) is 14.7. The zero-order valence-electron chi connectivity index (χ0n) is 33.6. The lowest BCUT2D eigenvalue weighted by molar-refractivity contribution is -0.145. The van der Waals surface area contributed by atoms with E-state index in [1.54, 1.807) is 0 Å². The number of aliphatic imine (C=N–C) groups is 2. The monoisotopic (exact) mass is 876 g/mol. The number of hydrogen-bond acceptors (Lipinski definition) is 15. The Morgan fingerprint density at radius 2 is 0.934 bits per heavy atom. The van der Waals surface area contributed by atoms with E-state index >= 15 is 0 Å². The molecule has 0 aromatic carbocycles. The molecule has 61 heavy (non-hydrogen) atoms. The standard InChI is InChI=1S/C33H60N14O14/c1-15(49)24(30(59)46-21(14-48)31(60)61)47-29(58)20(13-23(52)53)45-27(56)18(8-5-11-41-33(38)39)42-26(55)17(7-2-3-9-34)43-28(57)19(12-22(50)51)44-25(54)16(35)6-4-10-40-32(36)37/h15-21,24,48-49H,2-14,34-35H2,1H3,(H,42,55)(H,43,57)(H,44,54)(H,45,56)(H,46,59)(H,47,58)(H,50,51)(H,52,53)(H,60,61)(H4,36,37,40)(H4,38,39,41)/t15-,16+,17+,18+,19+,20+,21+,24+/m1/s1. The predicted molar refractivity (Wildman–Crippen MR) is 213 cm³/mol. The molecule has 8 atom stereocenters. The summed E-state index contributed by atoms with van der Waals surface area (Å²) < 4.78 is 0. The Kier molecular flexibility index (Phi) is 25.9. The van der Waals surface area contributed by atoms with Crippen LogP contribution in [0.25, 0.3) is 0 Å². The summed E-state index contributed by atoms with van der Waals surface area (Å²) in [6, 6.07) is -11.8. The van der Waals surface area contributed by atoms with Crippen molar-refractivity contribution in [2.24, 2.45) is 44.4 Å². The first kappa shape index (κ1) is 54.6. The summed E-state index contributed by atoms with van der Waals surface area (Å²) in [5.74, 6) is -12.1. The third-order valence-corrected chi connectivity index (χ3v) is 8.35. The smallest absolute Gasteiger partial charge is 0.328 e. The zero-order chi connectivity index (χ0) is 46.8. The molecule has 0 fully saturated rings. The maximum atomic E-state index is 13.8. The number of carboxylic acids is 3. The van der Waals surface area contributed by atoms with Gasteiger partial charge in [-0.1, -0.05) is 0 Å². The Morgan fingerprint density at radius 3 is 1.34 bits per heavy atom. The van der Waals surface area contributed by atoms with Crippen molar-refractivity contribution in [2.45, 2.75) is 113 Å². The number of unbranched alkanes of at least 4 members (excludes halogenated alkanes) is 1. The summed E-state index contributed by atoms with van der Waals surface area (Å²) in [6.07, 6.45) is -3.28. The summed E-state index contributed by atoms with van der Waals surface area (Å²) in [5.41, 5.74) is 32.8. The van der Waals surface area contributed by atoms with Crippen LogP contribution in [0.15, 0.2) is 9.98 Å². The van der Waals surface area contributed by atoms with Gasteiger partial charge in [0.25, 0.3) is 0 Å². The van der Waals surface area contributed by atoms with E-state index < -0.39 is 121 Å². The number of carbonyl (C=O) groups excluding carboxylic acids is 6. The molecule has 6 amide bonds. The van der Waals surface area contributed by atoms with Crippen LogP contribution in [0.2, 0.25) is 0 Å². The zero-order valence-corrected chi connectivity index (χ0v) is 33.6. The fraction of sp³-hybridized carbons (Fsp3) is 0.667. The molecule has 0 radical (unpaired) electrons. The first-order chi connectivity index (χ1) is 28.5. The number of nitrogens with one attached hydrogen (secondary N) is 6. The number of rotatable bonds is 31. The molecule has 23 N–H and O–H groups in total. The third kappa shape index (κ3) is 23.1. The first-order valence-electron chi connectivity index (χ1n) is 18.9. The molecule has 0 saturated carbocycles. The molecule has 0 spiro atoms. The second-order valence-electron chi connectivity index (χ2n) is 13.5. The highest BCUT2D eigenvalue weighted by Crippen LogP contribution is 2.08. The van der Waals surface area contributed by atoms with Crippen LogP contribution >= 0.6 is 0 Å². The van der Waals surface area contributed by atoms with E-state index in [-0.39, 0.29) is 70.1 Å². The van der Waals surface area contributed by atoms with Gasteiger partial charge in [-0.2, -0.15) is 0 Å². The topological polar surface area (TPSA) is 508 Å². The lowest BCUT2D eigenvalue weighted by Crippen LogP contribution is -2.61. The van der Waals surface area contributed by atoms with Crippen molar-refractivity contribution in [3.8, 4) is 0 Å². The van der Waals surface area contributed by atoms with E-state index in [2.05, 4.69) is 31.3 Å². The predicted octanol–water partition coefficient (Wildman–Crippen LogP) is -8.13. The molecular weight excluding hydrogens is 816 g/mol. The molecule has 0 aromatic rings. The van der Waals surface area contributed by atoms with E-state index in [9.17, 15) is 63.6 Å². The van der Waals surface area contributed by atoms with Crippen molar-refractivity contribution in [1.82, 2.24) is 31.9 Å². The minimum absolute atomic E-state index is 0.00490. The fourth-order valence-corrected chi connectivity index (χ4v) is 5.15. The molecule has 0 aromatic heterocycles. The average Bonchev–Trinajstić information content (AvgIpc) is 3.16. The molecule has 28 nitrogen and oxygen atoms in total. The lowest BCUT2D eigenvalue weighted by atomic mass is 10.0. The van der Waals surface area contributed by atoms with Crippen molar-refractivity contribution >= 4 is 65.3 Å². The van der Waals surface area contributed by atoms with Gasteiger partial charge >= 0.3 is 17.9 Å². The molecule has 0 aliphatic heterocycles. The number of aliphatic carboxylic acids is 3. The van der Waals surface area contributed by atoms with Gasteiger partial charge in [-0.25, -0.2) is 4.79 Å². The maximum absolute atomic E-state index is 13.8. The van der Waals surface area contributed by atoms with Crippen LogP contribution < -0.4 is 66.3 Å². The quantitative estimate of drug-likeness (QED) is 0.0175. The second-order valence-corrected chi connectivity index (χ2v) is 13.5. The van der Waals surface area contributed by atoms with Gasteiger partial charge in [0.15, 0.2) is 11.9 Å². The summed E-state index contributed by atoms with van der Waals surface area (Å²) in [5, 5.41) is 60.7. The number of nitrogens with zero attached hydrogens (tertiary/aromatic N) is 2. The van der Waals surface area contributed by atoms with Gasteiger partial charge in [0, 0.05) is 13.1 Å². The Balaban J connectivity index is 6.50. The first-order valence-corrected chi connectivity index (χ1v) is 18.9. The molecule has 0 unspecified atom stereocenters. The molecular formula is C33H60N14O14. The highest BCUT2D eigenvalue weighted by atomic mass is 16.4. The van der Waals surface area contributed by atoms with Gasteiger partial charge in [0.05, 0.1) is 31.6 Å². The third-order valence-electron chi connectivity index (χ3n) is 8.35. The number of hydrogen-bond donors (Lipinski definition) is 17. The molecule has 0 aliphatic rings. The summed E-state index contributed by atoms with van der Waals surface area (Å²) >= 11 is 0. The van der Waals surface area contributed by atoms with Crippen LogP contribution in [0.4, 0.5) is 0 Å². The number of guanidine groups is 2. The van der Waals surface area contributed by atoms with Crippen LogP contribution in [-0.2, 0) is 43.2 Å². The Bertz CT molecular complexity index is 1570. The largest absolute Gasteiger partial charge is 0.481 e. The molecule has 0 heterocycles. The second kappa shape index (κ2) is 28.9.